The predicted octanol–water partition coefficient (Wildman–Crippen LogP) is -0.0215. The number of nitrogens with two attached hydrogens (primary N) is 1. The second-order valence-corrected chi connectivity index (χ2v) is 29.5. The van der Waals surface area contributed by atoms with Crippen molar-refractivity contribution in [2.24, 2.45) is 23.5 Å². The monoisotopic (exact) mass is 1430 g/mol. The summed E-state index contributed by atoms with van der Waals surface area (Å²) in [6.07, 6.45) is 3.11. The minimum atomic E-state index is -1.62. The number of hydrogen-bond donors (Lipinski definition) is 15. The first-order valence-corrected chi connectivity index (χ1v) is 36.2. The Morgan fingerprint density at radius 1 is 0.750 bits per heavy atom. The van der Waals surface area contributed by atoms with Crippen LogP contribution < -0.4 is 58.9 Å². The normalized spacial score (nSPS) is 24.9. The van der Waals surface area contributed by atoms with Crippen molar-refractivity contribution in [1.82, 2.24) is 83.1 Å². The average molecular weight is 1430 g/mol. The molecule has 0 aliphatic carbocycles. The third-order valence-electron chi connectivity index (χ3n) is 16.8. The Labute approximate surface area is 587 Å². The zero-order valence-corrected chi connectivity index (χ0v) is 59.4. The fraction of sp³-hybridized carbons (Fsp3) is 0.606. The number of aromatic nitrogens is 6. The van der Waals surface area contributed by atoms with Crippen LogP contribution in [-0.4, -0.2) is 201 Å². The Bertz CT molecular complexity index is 3500. The van der Waals surface area contributed by atoms with Gasteiger partial charge in [0.2, 0.25) is 59.1 Å². The van der Waals surface area contributed by atoms with Gasteiger partial charge in [0.05, 0.1) is 42.7 Å². The van der Waals surface area contributed by atoms with Crippen molar-refractivity contribution >= 4 is 109 Å². The van der Waals surface area contributed by atoms with Crippen LogP contribution in [0, 0.1) is 17.8 Å². The summed E-state index contributed by atoms with van der Waals surface area (Å²) in [7, 11) is 2.19. The van der Waals surface area contributed by atoms with E-state index < -0.39 is 180 Å². The number of amides is 10. The average Bonchev–Trinajstić information content (AvgIpc) is 1.60. The lowest BCUT2D eigenvalue weighted by atomic mass is 9.90. The van der Waals surface area contributed by atoms with E-state index in [9.17, 15) is 63.0 Å². The van der Waals surface area contributed by atoms with Crippen LogP contribution in [0.3, 0.4) is 0 Å². The number of imidazole rings is 1. The van der Waals surface area contributed by atoms with Gasteiger partial charge in [0, 0.05) is 96.8 Å². The minimum absolute atomic E-state index is 0.0334. The highest BCUT2D eigenvalue weighted by molar-refractivity contribution is 8.76. The lowest BCUT2D eigenvalue weighted by Crippen LogP contribution is -2.61. The van der Waals surface area contributed by atoms with Gasteiger partial charge in [-0.25, -0.2) is 4.98 Å². The highest BCUT2D eigenvalue weighted by Crippen LogP contribution is 2.27. The standard InChI is InChI=1S/C66H97N17O15S2/c1-9-14-45-61(94)75-46-17-12-13-22-83-31-40(81-82-83)18-19-44(53(86)27-38(25-41-29-68-34-71-41)59(92)76-48(23-35(2)3)60(93)70-30-54(87)72-47(63(96)74-45)20-21-55(88)89)73-58(91)36(4)24-52(85)50(80-66(6,7)8)32-99-100-33-51(65(98)79-56(37(5)84)57(67)90)78-64(97)49(77-62(46)95)26-39-28-69-43-16-11-10-15-42(39)43/h10-11,15-16,28-29,31,34-38,44-51,56,69,80,84H,9,12-14,17-27,30,32-33H2,1-8H3,(H2,67,90)(H,68,71)(H,70,93)(H,72,87)(H,73,91)(H,74,96)(H,75,94)(H,76,92)(H,77,95)(H,78,97)(H,79,98)(H,88,89)/t36-,37-,38-,44+,45+,46+,47+,48+,49+,50+,51+,56+/m1/s1. The predicted molar refractivity (Wildman–Crippen MR) is 371 cm³/mol. The van der Waals surface area contributed by atoms with Gasteiger partial charge in [0.15, 0.2) is 11.6 Å². The number of carboxylic acids is 1. The van der Waals surface area contributed by atoms with E-state index in [2.05, 4.69) is 78.4 Å². The van der Waals surface area contributed by atoms with Crippen molar-refractivity contribution in [3.63, 3.8) is 0 Å². The number of fused-ring (bicyclic) bond motifs is 7. The quantitative estimate of drug-likeness (QED) is 0.0655. The molecule has 10 amide bonds. The third-order valence-corrected chi connectivity index (χ3v) is 19.2. The second-order valence-electron chi connectivity index (χ2n) is 27.0. The number of para-hydroxylation sites is 1. The highest BCUT2D eigenvalue weighted by Gasteiger charge is 2.38. The lowest BCUT2D eigenvalue weighted by molar-refractivity contribution is -0.138. The van der Waals surface area contributed by atoms with Gasteiger partial charge < -0.3 is 79.1 Å². The molecule has 12 atom stereocenters. The van der Waals surface area contributed by atoms with Crippen LogP contribution in [0.2, 0.25) is 0 Å². The van der Waals surface area contributed by atoms with Gasteiger partial charge in [-0.2, -0.15) is 0 Å². The molecule has 0 spiro atoms. The maximum Gasteiger partial charge on any atom is 0.303 e. The summed E-state index contributed by atoms with van der Waals surface area (Å²) in [4.78, 5) is 195. The summed E-state index contributed by atoms with van der Waals surface area (Å²) in [5.41, 5.74) is 7.03. The van der Waals surface area contributed by atoms with Crippen molar-refractivity contribution < 1.29 is 72.5 Å². The number of aliphatic carboxylic acids is 1. The van der Waals surface area contributed by atoms with E-state index in [-0.39, 0.29) is 88.2 Å². The molecule has 34 heteroatoms. The molecule has 32 nitrogen and oxygen atoms in total. The molecular formula is C66H97N17O15S2. The number of primary amides is 1. The fourth-order valence-electron chi connectivity index (χ4n) is 11.5. The van der Waals surface area contributed by atoms with Gasteiger partial charge in [-0.15, -0.1) is 5.10 Å². The van der Waals surface area contributed by atoms with Crippen molar-refractivity contribution in [1.29, 1.82) is 0 Å². The minimum Gasteiger partial charge on any atom is -0.481 e. The number of aromatic amines is 2. The third kappa shape index (κ3) is 25.8. The molecule has 0 unspecified atom stereocenters. The molecule has 4 bridgehead atoms. The zero-order valence-electron chi connectivity index (χ0n) is 57.7. The van der Waals surface area contributed by atoms with Crippen LogP contribution in [0.25, 0.3) is 10.9 Å². The van der Waals surface area contributed by atoms with Crippen LogP contribution in [0.5, 0.6) is 0 Å². The van der Waals surface area contributed by atoms with E-state index >= 15 is 9.59 Å². The molecule has 0 saturated heterocycles. The molecule has 3 aromatic heterocycles. The summed E-state index contributed by atoms with van der Waals surface area (Å²) < 4.78 is 1.52. The summed E-state index contributed by atoms with van der Waals surface area (Å²) in [6, 6.07) is -5.50. The molecule has 100 heavy (non-hydrogen) atoms. The van der Waals surface area contributed by atoms with Crippen LogP contribution in [0.4, 0.5) is 0 Å². The molecular weight excluding hydrogens is 1330 g/mol. The Balaban J connectivity index is 1.48. The molecule has 5 heterocycles. The molecule has 0 fully saturated rings. The Hall–Kier alpha value is -8.76. The number of benzene rings is 1. The first-order chi connectivity index (χ1) is 47.4. The maximum absolute atomic E-state index is 15.2. The first kappa shape index (κ1) is 80.2. The summed E-state index contributed by atoms with van der Waals surface area (Å²) in [5, 5.41) is 56.8. The number of aryl methyl sites for hydroxylation is 2. The number of H-pyrrole nitrogens is 2. The van der Waals surface area contributed by atoms with Crippen molar-refractivity contribution in [2.45, 2.75) is 218 Å². The highest BCUT2D eigenvalue weighted by atomic mass is 33.1. The molecule has 4 aromatic rings. The number of aliphatic hydroxyl groups is 1. The van der Waals surface area contributed by atoms with E-state index in [1.807, 2.05) is 20.8 Å². The van der Waals surface area contributed by atoms with Gasteiger partial charge in [-0.05, 0) is 96.6 Å². The van der Waals surface area contributed by atoms with Gasteiger partial charge in [0.1, 0.15) is 42.3 Å². The molecule has 6 rings (SSSR count). The molecule has 548 valence electrons. The van der Waals surface area contributed by atoms with E-state index in [0.29, 0.717) is 34.3 Å². The number of aliphatic hydroxyl groups excluding tert-OH is 1. The number of nitrogens with one attached hydrogen (secondary N) is 12. The van der Waals surface area contributed by atoms with Crippen molar-refractivity contribution in [2.75, 3.05) is 18.1 Å². The number of nitrogens with zero attached hydrogens (tertiary/aromatic N) is 4. The van der Waals surface area contributed by atoms with Crippen LogP contribution in [0.15, 0.2) is 49.2 Å². The largest absolute Gasteiger partial charge is 0.481 e. The molecule has 2 aliphatic heterocycles. The zero-order chi connectivity index (χ0) is 73.4. The molecule has 2 aliphatic rings. The Kier molecular flexibility index (Phi) is 31.1. The summed E-state index contributed by atoms with van der Waals surface area (Å²) in [5.74, 6) is -13.9. The Morgan fingerprint density at radius 3 is 2.11 bits per heavy atom. The number of carboxylic acid groups (broad SMARTS) is 1. The second kappa shape index (κ2) is 38.7. The van der Waals surface area contributed by atoms with Crippen LogP contribution in [-0.2, 0) is 88.1 Å². The number of carbonyl (C=O) groups is 13. The molecule has 1 aromatic carbocycles. The van der Waals surface area contributed by atoms with Crippen molar-refractivity contribution in [3.05, 3.63) is 66.1 Å². The lowest BCUT2D eigenvalue weighted by Gasteiger charge is -2.29. The van der Waals surface area contributed by atoms with E-state index in [1.165, 1.54) is 31.1 Å². The molecule has 16 N–H and O–H groups in total. The smallest absolute Gasteiger partial charge is 0.303 e. The number of hydrogen-bond acceptors (Lipinski definition) is 20. The van der Waals surface area contributed by atoms with Gasteiger partial charge >= 0.3 is 5.97 Å². The van der Waals surface area contributed by atoms with Gasteiger partial charge in [-0.3, -0.25) is 67.0 Å². The first-order valence-electron chi connectivity index (χ1n) is 33.8. The number of ketones is 2. The van der Waals surface area contributed by atoms with E-state index in [4.69, 9.17) is 5.73 Å². The SMILES string of the molecule is CCC[C@@H]1NC(=O)[C@H](CCC(=O)O)NC(=O)CNC(=O)[C@H](CC(C)C)NC(=O)[C@H](Cc2cnc[nH]2)CC(=O)[C@@H]2CCc3cn(nn3)CCCC[C@H](NC1=O)C(=O)N[C@@H](Cc1c[nH]c3ccccc13)C(=O)N[C@H](C(=O)N[C@H](C(N)=O)[C@@H](C)O)CSSC[C@H](NC(C)(C)C)C(=O)C[C@@H](C)C(=O)N2. The maximum atomic E-state index is 15.2. The summed E-state index contributed by atoms with van der Waals surface area (Å²) >= 11 is 0. The van der Waals surface area contributed by atoms with Gasteiger partial charge in [0.25, 0.3) is 0 Å². The Morgan fingerprint density at radius 2 is 1.43 bits per heavy atom. The fourth-order valence-corrected chi connectivity index (χ4v) is 13.9. The topological polar surface area (TPSA) is 484 Å². The van der Waals surface area contributed by atoms with Crippen LogP contribution >= 0.6 is 21.6 Å². The summed E-state index contributed by atoms with van der Waals surface area (Å²) in [6.45, 7) is 13.0. The number of rotatable bonds is 16. The van der Waals surface area contributed by atoms with E-state index in [0.717, 1.165) is 21.6 Å². The van der Waals surface area contributed by atoms with Gasteiger partial charge in [-0.1, -0.05) is 79.1 Å². The van der Waals surface area contributed by atoms with E-state index in [1.54, 1.807) is 57.4 Å². The number of Topliss-reactive ketones (excluding diaryl/α,β-unsaturated/α-hetero) is 2. The van der Waals surface area contributed by atoms with Crippen LogP contribution in [0.1, 0.15) is 143 Å². The molecule has 0 radical (unpaired) electrons. The van der Waals surface area contributed by atoms with Crippen molar-refractivity contribution in [3.8, 4) is 0 Å². The molecule has 0 saturated carbocycles. The number of carbonyl (C=O) groups excluding carboxylic acids is 12.